The van der Waals surface area contributed by atoms with Crippen molar-refractivity contribution in [2.75, 3.05) is 0 Å². The Kier molecular flexibility index (Phi) is 8.09. The third-order valence-electron chi connectivity index (χ3n) is 1.98. The van der Waals surface area contributed by atoms with Crippen LogP contribution in [0.3, 0.4) is 0 Å². The summed E-state index contributed by atoms with van der Waals surface area (Å²) >= 11 is 4.40. The molecule has 0 radical (unpaired) electrons. The summed E-state index contributed by atoms with van der Waals surface area (Å²) in [6.45, 7) is 4.50. The van der Waals surface area contributed by atoms with Crippen LogP contribution in [0.15, 0.2) is 29.2 Å². The summed E-state index contributed by atoms with van der Waals surface area (Å²) in [5.74, 6) is 0.776. The molecule has 1 aromatic carbocycles. The van der Waals surface area contributed by atoms with Crippen LogP contribution in [0.25, 0.3) is 0 Å². The van der Waals surface area contributed by atoms with Gasteiger partial charge in [0, 0.05) is 4.90 Å². The van der Waals surface area contributed by atoms with E-state index >= 15 is 0 Å². The number of rotatable bonds is 3. The van der Waals surface area contributed by atoms with Crippen molar-refractivity contribution in [2.24, 2.45) is 5.92 Å². The van der Waals surface area contributed by atoms with Gasteiger partial charge in [0.1, 0.15) is 0 Å². The standard InChI is InChI=1S/C11H16S.Ba.2H/c1-9(2)7-8-10-5-3-4-6-11(10)12;;;/h3-6,9,12H,7-8H2,1-2H3;;;/q;+2;2*-1. The molecule has 0 N–H and O–H groups in total. The van der Waals surface area contributed by atoms with Crippen LogP contribution in [0.1, 0.15) is 28.7 Å². The maximum absolute atomic E-state index is 4.40. The monoisotopic (exact) mass is 320 g/mol. The number of hydrogen-bond donors (Lipinski definition) is 1. The Hall–Kier alpha value is 1.14. The second-order valence-electron chi connectivity index (χ2n) is 3.56. The van der Waals surface area contributed by atoms with Crippen molar-refractivity contribution in [3.8, 4) is 0 Å². The Morgan fingerprint density at radius 1 is 1.31 bits per heavy atom. The summed E-state index contributed by atoms with van der Waals surface area (Å²) in [5.41, 5.74) is 1.37. The molecule has 13 heavy (non-hydrogen) atoms. The summed E-state index contributed by atoms with van der Waals surface area (Å²) in [6.07, 6.45) is 2.40. The summed E-state index contributed by atoms with van der Waals surface area (Å²) in [4.78, 5) is 1.12. The minimum absolute atomic E-state index is 0. The number of thiol groups is 1. The van der Waals surface area contributed by atoms with Gasteiger partial charge in [-0.1, -0.05) is 32.0 Å². The van der Waals surface area contributed by atoms with E-state index in [1.165, 1.54) is 12.0 Å². The summed E-state index contributed by atoms with van der Waals surface area (Å²) in [6, 6.07) is 8.32. The van der Waals surface area contributed by atoms with Gasteiger partial charge in [-0.25, -0.2) is 0 Å². The molecule has 0 bridgehead atoms. The van der Waals surface area contributed by atoms with Crippen LogP contribution in [0.5, 0.6) is 0 Å². The van der Waals surface area contributed by atoms with Crippen molar-refractivity contribution in [1.29, 1.82) is 0 Å². The van der Waals surface area contributed by atoms with E-state index in [9.17, 15) is 0 Å². The molecule has 0 aromatic heterocycles. The quantitative estimate of drug-likeness (QED) is 0.640. The van der Waals surface area contributed by atoms with Gasteiger partial charge in [-0.05, 0) is 30.4 Å². The van der Waals surface area contributed by atoms with Gasteiger partial charge >= 0.3 is 48.9 Å². The molecule has 1 rings (SSSR count). The molecule has 0 fully saturated rings. The molecule has 0 amide bonds. The fraction of sp³-hybridized carbons (Fsp3) is 0.455. The van der Waals surface area contributed by atoms with Gasteiger partial charge in [-0.2, -0.15) is 0 Å². The van der Waals surface area contributed by atoms with E-state index < -0.39 is 0 Å². The zero-order chi connectivity index (χ0) is 8.97. The average molecular weight is 320 g/mol. The Bertz CT molecular complexity index is 254. The van der Waals surface area contributed by atoms with Crippen LogP contribution >= 0.6 is 12.6 Å². The first kappa shape index (κ1) is 14.1. The summed E-state index contributed by atoms with van der Waals surface area (Å²) in [5, 5.41) is 0. The van der Waals surface area contributed by atoms with Gasteiger partial charge in [-0.15, -0.1) is 12.6 Å². The molecule has 0 unspecified atom stereocenters. The molecule has 70 valence electrons. The van der Waals surface area contributed by atoms with E-state index in [1.54, 1.807) is 0 Å². The molecular weight excluding hydrogens is 302 g/mol. The van der Waals surface area contributed by atoms with Crippen molar-refractivity contribution in [1.82, 2.24) is 0 Å². The van der Waals surface area contributed by atoms with Crippen molar-refractivity contribution in [2.45, 2.75) is 31.6 Å². The molecule has 0 atom stereocenters. The summed E-state index contributed by atoms with van der Waals surface area (Å²) in [7, 11) is 0. The molecule has 0 spiro atoms. The molecule has 0 aliphatic heterocycles. The molecule has 0 nitrogen and oxygen atoms in total. The average Bonchev–Trinajstić information content (AvgIpc) is 2.03. The summed E-state index contributed by atoms with van der Waals surface area (Å²) < 4.78 is 0. The topological polar surface area (TPSA) is 0 Å². The first-order chi connectivity index (χ1) is 5.70. The molecule has 0 heterocycles. The van der Waals surface area contributed by atoms with Crippen molar-refractivity contribution in [3.63, 3.8) is 0 Å². The molecule has 0 aliphatic carbocycles. The SMILES string of the molecule is CC(C)CCc1ccccc1S.[Ba+2].[H-].[H-]. The second-order valence-corrected chi connectivity index (χ2v) is 4.04. The van der Waals surface area contributed by atoms with Crippen LogP contribution in [-0.2, 0) is 6.42 Å². The molecule has 0 aliphatic rings. The van der Waals surface area contributed by atoms with E-state index in [4.69, 9.17) is 0 Å². The maximum atomic E-state index is 4.40. The number of benzene rings is 1. The Balaban J connectivity index is -0.000000480. The number of hydrogen-bond acceptors (Lipinski definition) is 1. The zero-order valence-electron chi connectivity index (χ0n) is 10.5. The van der Waals surface area contributed by atoms with E-state index in [1.807, 2.05) is 6.07 Å². The van der Waals surface area contributed by atoms with Gasteiger partial charge in [0.2, 0.25) is 0 Å². The van der Waals surface area contributed by atoms with Crippen LogP contribution in [0, 0.1) is 5.92 Å². The second kappa shape index (κ2) is 7.44. The largest absolute Gasteiger partial charge is 2.00 e. The predicted molar refractivity (Wildman–Crippen MR) is 64.8 cm³/mol. The minimum Gasteiger partial charge on any atom is -1.00 e. The van der Waals surface area contributed by atoms with Crippen LogP contribution in [0.4, 0.5) is 0 Å². The normalized spacial score (nSPS) is 9.85. The van der Waals surface area contributed by atoms with Crippen molar-refractivity contribution in [3.05, 3.63) is 29.8 Å². The smallest absolute Gasteiger partial charge is 1.00 e. The molecular formula is C11H18BaS. The third-order valence-corrected chi connectivity index (χ3v) is 2.42. The molecule has 0 saturated heterocycles. The number of aryl methyl sites for hydroxylation is 1. The Morgan fingerprint density at radius 2 is 1.92 bits per heavy atom. The van der Waals surface area contributed by atoms with Crippen LogP contribution in [-0.4, -0.2) is 48.9 Å². The Labute approximate surface area is 130 Å². The van der Waals surface area contributed by atoms with Gasteiger partial charge in [0.15, 0.2) is 0 Å². The maximum Gasteiger partial charge on any atom is 2.00 e. The first-order valence-electron chi connectivity index (χ1n) is 4.47. The molecule has 0 saturated carbocycles. The minimum atomic E-state index is 0. The van der Waals surface area contributed by atoms with E-state index in [0.29, 0.717) is 0 Å². The van der Waals surface area contributed by atoms with Crippen molar-refractivity contribution >= 4 is 61.5 Å². The van der Waals surface area contributed by atoms with Crippen molar-refractivity contribution < 1.29 is 2.85 Å². The fourth-order valence-corrected chi connectivity index (χ4v) is 1.44. The molecule has 1 aromatic rings. The van der Waals surface area contributed by atoms with Gasteiger partial charge in [0.25, 0.3) is 0 Å². The van der Waals surface area contributed by atoms with E-state index in [0.717, 1.165) is 17.2 Å². The van der Waals surface area contributed by atoms with E-state index in [2.05, 4.69) is 44.7 Å². The van der Waals surface area contributed by atoms with Crippen LogP contribution in [0.2, 0.25) is 0 Å². The zero-order valence-corrected chi connectivity index (χ0v) is 13.8. The van der Waals surface area contributed by atoms with E-state index in [-0.39, 0.29) is 51.7 Å². The van der Waals surface area contributed by atoms with Gasteiger partial charge in [-0.3, -0.25) is 0 Å². The predicted octanol–water partition coefficient (Wildman–Crippen LogP) is 3.41. The molecule has 2 heteroatoms. The van der Waals surface area contributed by atoms with Gasteiger partial charge in [0.05, 0.1) is 0 Å². The Morgan fingerprint density at radius 3 is 2.46 bits per heavy atom. The van der Waals surface area contributed by atoms with Crippen LogP contribution < -0.4 is 0 Å². The third kappa shape index (κ3) is 5.55. The van der Waals surface area contributed by atoms with Gasteiger partial charge < -0.3 is 2.85 Å². The fourth-order valence-electron chi connectivity index (χ4n) is 1.17. The first-order valence-corrected chi connectivity index (χ1v) is 4.91.